The van der Waals surface area contributed by atoms with Gasteiger partial charge >= 0.3 is 6.18 Å². The maximum atomic E-state index is 12.9. The van der Waals surface area contributed by atoms with Gasteiger partial charge in [-0.3, -0.25) is 4.21 Å². The maximum absolute atomic E-state index is 12.9. The van der Waals surface area contributed by atoms with Gasteiger partial charge in [0, 0.05) is 0 Å². The molecule has 0 aliphatic rings. The monoisotopic (exact) mass is 458 g/mol. The maximum Gasteiger partial charge on any atom is 0.416 e. The van der Waals surface area contributed by atoms with E-state index in [2.05, 4.69) is 5.10 Å². The van der Waals surface area contributed by atoms with E-state index in [-0.39, 0.29) is 37.9 Å². The fourth-order valence-corrected chi connectivity index (χ4v) is 4.52. The van der Waals surface area contributed by atoms with Gasteiger partial charge in [0.05, 0.1) is 32.2 Å². The van der Waals surface area contributed by atoms with Crippen LogP contribution in [0, 0.1) is 11.3 Å². The van der Waals surface area contributed by atoms with E-state index >= 15 is 0 Å². The summed E-state index contributed by atoms with van der Waals surface area (Å²) in [6, 6.07) is 12.0. The van der Waals surface area contributed by atoms with E-state index in [0.717, 1.165) is 10.2 Å². The predicted molar refractivity (Wildman–Crippen MR) is 104 cm³/mol. The number of nitriles is 1. The van der Waals surface area contributed by atoms with Gasteiger partial charge in [0.1, 0.15) is 22.5 Å². The fourth-order valence-electron chi connectivity index (χ4n) is 2.61. The van der Waals surface area contributed by atoms with Crippen LogP contribution in [0.3, 0.4) is 0 Å². The van der Waals surface area contributed by atoms with E-state index in [4.69, 9.17) is 28.9 Å². The predicted octanol–water partition coefficient (Wildman–Crippen LogP) is 4.96. The van der Waals surface area contributed by atoms with Crippen molar-refractivity contribution in [1.29, 1.82) is 5.26 Å². The number of nitrogen functional groups attached to an aromatic ring is 1. The van der Waals surface area contributed by atoms with Crippen molar-refractivity contribution in [1.82, 2.24) is 9.78 Å². The summed E-state index contributed by atoms with van der Waals surface area (Å²) in [5.74, 6) is -0.126. The van der Waals surface area contributed by atoms with Crippen molar-refractivity contribution in [2.45, 2.75) is 16.8 Å². The molecule has 3 rings (SSSR count). The molecule has 1 atom stereocenters. The third kappa shape index (κ3) is 4.24. The Balaban J connectivity index is 2.10. The van der Waals surface area contributed by atoms with Crippen LogP contribution >= 0.6 is 23.2 Å². The zero-order chi connectivity index (χ0) is 21.3. The fraction of sp³-hybridized carbons (Fsp3) is 0.111. The number of benzene rings is 2. The van der Waals surface area contributed by atoms with Crippen LogP contribution in [0.5, 0.6) is 0 Å². The lowest BCUT2D eigenvalue weighted by Gasteiger charge is -2.13. The van der Waals surface area contributed by atoms with Gasteiger partial charge in [-0.25, -0.2) is 4.68 Å². The van der Waals surface area contributed by atoms with Gasteiger partial charge in [0.15, 0.2) is 5.69 Å². The van der Waals surface area contributed by atoms with Crippen LogP contribution in [0.2, 0.25) is 10.0 Å². The highest BCUT2D eigenvalue weighted by Gasteiger charge is 2.33. The second-order valence-electron chi connectivity index (χ2n) is 5.85. The average molecular weight is 459 g/mol. The van der Waals surface area contributed by atoms with Crippen molar-refractivity contribution in [3.8, 4) is 11.8 Å². The first-order valence-corrected chi connectivity index (χ1v) is 9.98. The lowest BCUT2D eigenvalue weighted by atomic mass is 10.2. The van der Waals surface area contributed by atoms with Crippen molar-refractivity contribution in [3.63, 3.8) is 0 Å². The number of rotatable bonds is 4. The second-order valence-corrected chi connectivity index (χ2v) is 8.05. The summed E-state index contributed by atoms with van der Waals surface area (Å²) in [6.07, 6.45) is -4.65. The molecule has 0 aliphatic carbocycles. The standard InChI is InChI=1S/C18H11Cl2F3N4OS/c19-12-6-11(18(21,22)23)7-13(20)15(12)27-17(25)16(14(8-24)26-27)29(28)9-10-4-2-1-3-5-10/h1-7H,9,25H2. The molecule has 1 unspecified atom stereocenters. The highest BCUT2D eigenvalue weighted by atomic mass is 35.5. The number of hydrogen-bond acceptors (Lipinski definition) is 4. The Labute approximate surface area is 175 Å². The number of halogens is 5. The summed E-state index contributed by atoms with van der Waals surface area (Å²) < 4.78 is 52.6. The van der Waals surface area contributed by atoms with Crippen LogP contribution in [0.4, 0.5) is 19.0 Å². The summed E-state index contributed by atoms with van der Waals surface area (Å²) in [5, 5.41) is 12.6. The second kappa shape index (κ2) is 8.06. The Kier molecular flexibility index (Phi) is 5.89. The van der Waals surface area contributed by atoms with Gasteiger partial charge in [0.2, 0.25) is 0 Å². The van der Waals surface area contributed by atoms with E-state index in [1.54, 1.807) is 36.4 Å². The normalized spacial score (nSPS) is 12.6. The first kappa shape index (κ1) is 21.2. The van der Waals surface area contributed by atoms with Crippen LogP contribution in [0.1, 0.15) is 16.8 Å². The number of alkyl halides is 3. The molecule has 0 spiro atoms. The van der Waals surface area contributed by atoms with Crippen LogP contribution in [0.25, 0.3) is 5.69 Å². The lowest BCUT2D eigenvalue weighted by Crippen LogP contribution is -2.09. The van der Waals surface area contributed by atoms with Gasteiger partial charge in [0.25, 0.3) is 0 Å². The molecule has 0 amide bonds. The summed E-state index contributed by atoms with van der Waals surface area (Å²) in [7, 11) is -1.74. The van der Waals surface area contributed by atoms with E-state index in [1.165, 1.54) is 0 Å². The molecule has 2 aromatic carbocycles. The molecule has 29 heavy (non-hydrogen) atoms. The van der Waals surface area contributed by atoms with Crippen molar-refractivity contribution in [2.75, 3.05) is 5.73 Å². The molecule has 0 saturated carbocycles. The molecule has 0 saturated heterocycles. The van der Waals surface area contributed by atoms with Gasteiger partial charge in [-0.2, -0.15) is 23.5 Å². The highest BCUT2D eigenvalue weighted by Crippen LogP contribution is 2.39. The first-order chi connectivity index (χ1) is 13.6. The zero-order valence-electron chi connectivity index (χ0n) is 14.4. The summed E-state index contributed by atoms with van der Waals surface area (Å²) in [6.45, 7) is 0. The molecule has 11 heteroatoms. The van der Waals surface area contributed by atoms with E-state index < -0.39 is 22.5 Å². The molecule has 2 N–H and O–H groups in total. The summed E-state index contributed by atoms with van der Waals surface area (Å²) >= 11 is 12.0. The Morgan fingerprint density at radius 1 is 1.17 bits per heavy atom. The summed E-state index contributed by atoms with van der Waals surface area (Å²) in [5.41, 5.74) is 5.37. The van der Waals surface area contributed by atoms with E-state index in [9.17, 15) is 22.6 Å². The topological polar surface area (TPSA) is 84.7 Å². The van der Waals surface area contributed by atoms with Gasteiger partial charge in [-0.1, -0.05) is 53.5 Å². The average Bonchev–Trinajstić information content (AvgIpc) is 2.97. The number of anilines is 1. The van der Waals surface area contributed by atoms with Gasteiger partial charge in [-0.05, 0) is 17.7 Å². The first-order valence-electron chi connectivity index (χ1n) is 7.91. The van der Waals surface area contributed by atoms with E-state index in [1.807, 2.05) is 0 Å². The van der Waals surface area contributed by atoms with Gasteiger partial charge in [-0.15, -0.1) is 0 Å². The zero-order valence-corrected chi connectivity index (χ0v) is 16.7. The molecule has 1 heterocycles. The number of hydrogen-bond donors (Lipinski definition) is 1. The molecule has 0 bridgehead atoms. The summed E-state index contributed by atoms with van der Waals surface area (Å²) in [4.78, 5) is -0.0385. The van der Waals surface area contributed by atoms with Gasteiger partial charge < -0.3 is 5.73 Å². The molecule has 1 aromatic heterocycles. The Morgan fingerprint density at radius 3 is 2.28 bits per heavy atom. The minimum atomic E-state index is -4.65. The molecule has 0 aliphatic heterocycles. The number of nitrogens with two attached hydrogens (primary N) is 1. The van der Waals surface area contributed by atoms with Crippen LogP contribution < -0.4 is 5.73 Å². The minimum absolute atomic E-state index is 0.0385. The lowest BCUT2D eigenvalue weighted by molar-refractivity contribution is -0.137. The highest BCUT2D eigenvalue weighted by molar-refractivity contribution is 7.84. The molecular formula is C18H11Cl2F3N4OS. The van der Waals surface area contributed by atoms with Crippen molar-refractivity contribution in [3.05, 3.63) is 69.3 Å². The Morgan fingerprint density at radius 2 is 1.76 bits per heavy atom. The largest absolute Gasteiger partial charge is 0.416 e. The number of aromatic nitrogens is 2. The smallest absolute Gasteiger partial charge is 0.383 e. The van der Waals surface area contributed by atoms with Crippen molar-refractivity contribution in [2.24, 2.45) is 0 Å². The third-order valence-corrected chi connectivity index (χ3v) is 5.94. The van der Waals surface area contributed by atoms with Crippen LogP contribution in [-0.2, 0) is 22.7 Å². The Hall–Kier alpha value is -2.54. The molecule has 5 nitrogen and oxygen atoms in total. The molecule has 150 valence electrons. The van der Waals surface area contributed by atoms with E-state index in [0.29, 0.717) is 12.1 Å². The van der Waals surface area contributed by atoms with Crippen LogP contribution in [-0.4, -0.2) is 14.0 Å². The van der Waals surface area contributed by atoms with Crippen molar-refractivity contribution < 1.29 is 17.4 Å². The number of nitrogens with zero attached hydrogens (tertiary/aromatic N) is 3. The molecular weight excluding hydrogens is 448 g/mol. The molecule has 0 fully saturated rings. The third-order valence-electron chi connectivity index (χ3n) is 3.91. The molecule has 0 radical (unpaired) electrons. The SMILES string of the molecule is N#Cc1nn(-c2c(Cl)cc(C(F)(F)F)cc2Cl)c(N)c1S(=O)Cc1ccccc1. The molecule has 3 aromatic rings. The minimum Gasteiger partial charge on any atom is -0.383 e. The van der Waals surface area contributed by atoms with Crippen LogP contribution in [0.15, 0.2) is 47.4 Å². The Bertz CT molecular complexity index is 1120. The van der Waals surface area contributed by atoms with Crippen molar-refractivity contribution >= 4 is 39.8 Å². The quantitative estimate of drug-likeness (QED) is 0.598.